The van der Waals surface area contributed by atoms with Crippen LogP contribution in [0.5, 0.6) is 0 Å². The van der Waals surface area contributed by atoms with Gasteiger partial charge >= 0.3 is 0 Å². The van der Waals surface area contributed by atoms with Gasteiger partial charge in [0.15, 0.2) is 0 Å². The van der Waals surface area contributed by atoms with Crippen LogP contribution in [0.25, 0.3) is 12.2 Å². The summed E-state index contributed by atoms with van der Waals surface area (Å²) in [5, 5.41) is 0. The normalized spacial score (nSPS) is 12.0. The van der Waals surface area contributed by atoms with Gasteiger partial charge in [-0.3, -0.25) is 0 Å². The summed E-state index contributed by atoms with van der Waals surface area (Å²) in [6, 6.07) is 8.52. The molecule has 2 rings (SSSR count). The van der Waals surface area contributed by atoms with Gasteiger partial charge in [0, 0.05) is 12.7 Å². The Kier molecular flexibility index (Phi) is 4.66. The maximum atomic E-state index is 4.84. The summed E-state index contributed by atoms with van der Waals surface area (Å²) >= 11 is 0. The molecule has 0 saturated heterocycles. The first-order chi connectivity index (χ1) is 9.90. The minimum absolute atomic E-state index is 0.453. The van der Waals surface area contributed by atoms with Crippen molar-refractivity contribution in [3.8, 4) is 0 Å². The lowest BCUT2D eigenvalue weighted by molar-refractivity contribution is 0.706. The van der Waals surface area contributed by atoms with Crippen LogP contribution in [0.3, 0.4) is 0 Å². The summed E-state index contributed by atoms with van der Waals surface area (Å²) in [4.78, 5) is 4.84. The van der Waals surface area contributed by atoms with Gasteiger partial charge in [-0.05, 0) is 30.4 Å². The molecule has 0 fully saturated rings. The van der Waals surface area contributed by atoms with Gasteiger partial charge in [-0.25, -0.2) is 4.98 Å². The highest BCUT2D eigenvalue weighted by Gasteiger charge is 2.18. The maximum absolute atomic E-state index is 4.84. The van der Waals surface area contributed by atoms with Gasteiger partial charge in [-0.2, -0.15) is 0 Å². The van der Waals surface area contributed by atoms with Crippen molar-refractivity contribution >= 4 is 12.2 Å². The van der Waals surface area contributed by atoms with Crippen LogP contribution in [0.4, 0.5) is 0 Å². The molecule has 0 unspecified atom stereocenters. The van der Waals surface area contributed by atoms with Crippen LogP contribution in [0.1, 0.15) is 67.9 Å². The van der Waals surface area contributed by atoms with Crippen LogP contribution >= 0.6 is 0 Å². The Hall–Kier alpha value is -1.83. The van der Waals surface area contributed by atoms with Crippen molar-refractivity contribution in [3.63, 3.8) is 0 Å². The second-order valence-electron chi connectivity index (χ2n) is 6.36. The van der Waals surface area contributed by atoms with E-state index in [4.69, 9.17) is 4.98 Å². The number of aromatic nitrogens is 2. The van der Waals surface area contributed by atoms with Crippen molar-refractivity contribution < 1.29 is 0 Å². The molecule has 1 aromatic heterocycles. The number of imidazole rings is 1. The quantitative estimate of drug-likeness (QED) is 0.758. The van der Waals surface area contributed by atoms with Crippen molar-refractivity contribution in [2.75, 3.05) is 0 Å². The second kappa shape index (κ2) is 6.30. The highest BCUT2D eigenvalue weighted by atomic mass is 15.1. The molecule has 0 radical (unpaired) electrons. The SMILES string of the molecule is Cc1cccc(C=Cc2nc(C(C)C)c(C(C)C)n2C)c1. The van der Waals surface area contributed by atoms with Gasteiger partial charge in [0.25, 0.3) is 0 Å². The molecule has 0 spiro atoms. The lowest BCUT2D eigenvalue weighted by Gasteiger charge is -2.11. The van der Waals surface area contributed by atoms with Gasteiger partial charge in [0.1, 0.15) is 5.82 Å². The molecule has 21 heavy (non-hydrogen) atoms. The molecule has 0 bridgehead atoms. The molecule has 0 N–H and O–H groups in total. The fraction of sp³-hybridized carbons (Fsp3) is 0.421. The Morgan fingerprint density at radius 1 is 1.05 bits per heavy atom. The Morgan fingerprint density at radius 3 is 2.29 bits per heavy atom. The number of hydrogen-bond acceptors (Lipinski definition) is 1. The monoisotopic (exact) mass is 282 g/mol. The topological polar surface area (TPSA) is 17.8 Å². The van der Waals surface area contributed by atoms with Crippen molar-refractivity contribution in [1.29, 1.82) is 0 Å². The third-order valence-corrected chi connectivity index (χ3v) is 3.76. The molecule has 2 heteroatoms. The summed E-state index contributed by atoms with van der Waals surface area (Å²) in [7, 11) is 2.12. The van der Waals surface area contributed by atoms with Gasteiger partial charge in [0.05, 0.1) is 5.69 Å². The van der Waals surface area contributed by atoms with Crippen molar-refractivity contribution in [3.05, 3.63) is 52.6 Å². The van der Waals surface area contributed by atoms with Crippen LogP contribution in [-0.2, 0) is 7.05 Å². The predicted octanol–water partition coefficient (Wildman–Crippen LogP) is 5.15. The van der Waals surface area contributed by atoms with E-state index in [9.17, 15) is 0 Å². The van der Waals surface area contributed by atoms with E-state index in [0.717, 1.165) is 5.82 Å². The summed E-state index contributed by atoms with van der Waals surface area (Å²) in [6.07, 6.45) is 4.26. The third kappa shape index (κ3) is 3.44. The molecule has 2 aromatic rings. The maximum Gasteiger partial charge on any atom is 0.132 e. The van der Waals surface area contributed by atoms with E-state index in [1.807, 2.05) is 0 Å². The lowest BCUT2D eigenvalue weighted by atomic mass is 10.0. The lowest BCUT2D eigenvalue weighted by Crippen LogP contribution is -2.03. The van der Waals surface area contributed by atoms with E-state index >= 15 is 0 Å². The fourth-order valence-corrected chi connectivity index (χ4v) is 2.75. The van der Waals surface area contributed by atoms with E-state index in [-0.39, 0.29) is 0 Å². The van der Waals surface area contributed by atoms with E-state index < -0.39 is 0 Å². The molecule has 1 heterocycles. The molecule has 112 valence electrons. The summed E-state index contributed by atoms with van der Waals surface area (Å²) in [6.45, 7) is 11.0. The van der Waals surface area contributed by atoms with Crippen LogP contribution in [-0.4, -0.2) is 9.55 Å². The predicted molar refractivity (Wildman–Crippen MR) is 91.5 cm³/mol. The number of hydrogen-bond donors (Lipinski definition) is 0. The molecule has 0 atom stereocenters. The van der Waals surface area contributed by atoms with Crippen LogP contribution in [0.2, 0.25) is 0 Å². The summed E-state index contributed by atoms with van der Waals surface area (Å²) < 4.78 is 2.23. The highest BCUT2D eigenvalue weighted by molar-refractivity contribution is 5.67. The van der Waals surface area contributed by atoms with Crippen LogP contribution in [0.15, 0.2) is 24.3 Å². The average molecular weight is 282 g/mol. The Labute approximate surface area is 128 Å². The molecule has 2 nitrogen and oxygen atoms in total. The third-order valence-electron chi connectivity index (χ3n) is 3.76. The van der Waals surface area contributed by atoms with Crippen LogP contribution < -0.4 is 0 Å². The second-order valence-corrected chi connectivity index (χ2v) is 6.36. The minimum atomic E-state index is 0.453. The number of benzene rings is 1. The van der Waals surface area contributed by atoms with Crippen molar-refractivity contribution in [1.82, 2.24) is 9.55 Å². The van der Waals surface area contributed by atoms with Crippen molar-refractivity contribution in [2.45, 2.75) is 46.5 Å². The molecule has 0 aliphatic heterocycles. The van der Waals surface area contributed by atoms with E-state index in [1.165, 1.54) is 22.5 Å². The summed E-state index contributed by atoms with van der Waals surface area (Å²) in [5.74, 6) is 1.97. The first-order valence-corrected chi connectivity index (χ1v) is 7.71. The van der Waals surface area contributed by atoms with Crippen molar-refractivity contribution in [2.24, 2.45) is 7.05 Å². The zero-order valence-corrected chi connectivity index (χ0v) is 14.0. The Bertz CT molecular complexity index is 646. The molecular formula is C19H26N2. The molecule has 0 amide bonds. The molecule has 1 aromatic carbocycles. The van der Waals surface area contributed by atoms with Gasteiger partial charge in [-0.15, -0.1) is 0 Å². The highest BCUT2D eigenvalue weighted by Crippen LogP contribution is 2.26. The molecular weight excluding hydrogens is 256 g/mol. The average Bonchev–Trinajstić information content (AvgIpc) is 2.74. The molecule has 0 aliphatic carbocycles. The largest absolute Gasteiger partial charge is 0.331 e. The van der Waals surface area contributed by atoms with E-state index in [0.29, 0.717) is 11.8 Å². The van der Waals surface area contributed by atoms with Gasteiger partial charge < -0.3 is 4.57 Å². The van der Waals surface area contributed by atoms with E-state index in [1.54, 1.807) is 0 Å². The molecule has 0 aliphatic rings. The first-order valence-electron chi connectivity index (χ1n) is 7.71. The Balaban J connectivity index is 2.39. The molecule has 0 saturated carbocycles. The first kappa shape index (κ1) is 15.6. The smallest absolute Gasteiger partial charge is 0.132 e. The standard InChI is InChI=1S/C19H26N2/c1-13(2)18-19(14(3)4)21(6)17(20-18)11-10-16-9-7-8-15(5)12-16/h7-14H,1-6H3. The van der Waals surface area contributed by atoms with Gasteiger partial charge in [-0.1, -0.05) is 63.6 Å². The van der Waals surface area contributed by atoms with E-state index in [2.05, 4.69) is 82.7 Å². The summed E-state index contributed by atoms with van der Waals surface area (Å²) in [5.41, 5.74) is 5.06. The number of aryl methyl sites for hydroxylation is 1. The zero-order valence-electron chi connectivity index (χ0n) is 14.0. The number of nitrogens with zero attached hydrogens (tertiary/aromatic N) is 2. The zero-order chi connectivity index (χ0) is 15.6. The van der Waals surface area contributed by atoms with Gasteiger partial charge in [0.2, 0.25) is 0 Å². The van der Waals surface area contributed by atoms with Crippen LogP contribution in [0, 0.1) is 6.92 Å². The fourth-order valence-electron chi connectivity index (χ4n) is 2.75. The number of rotatable bonds is 4. The minimum Gasteiger partial charge on any atom is -0.331 e. The Morgan fingerprint density at radius 2 is 1.76 bits per heavy atom.